The average Bonchev–Trinajstić information content (AvgIpc) is 2.39. The van der Waals surface area contributed by atoms with Gasteiger partial charge in [-0.15, -0.1) is 11.3 Å². The first-order valence-corrected chi connectivity index (χ1v) is 5.41. The van der Waals surface area contributed by atoms with E-state index in [0.29, 0.717) is 16.5 Å². The minimum atomic E-state index is -0.0875. The van der Waals surface area contributed by atoms with Crippen LogP contribution in [0.2, 0.25) is 0 Å². The van der Waals surface area contributed by atoms with Gasteiger partial charge in [-0.2, -0.15) is 0 Å². The summed E-state index contributed by atoms with van der Waals surface area (Å²) in [4.78, 5) is 12.7. The van der Waals surface area contributed by atoms with E-state index in [0.717, 1.165) is 10.4 Å². The fraction of sp³-hybridized carbons (Fsp3) is 0.500. The summed E-state index contributed by atoms with van der Waals surface area (Å²) >= 11 is 1.48. The maximum absolute atomic E-state index is 11.6. The van der Waals surface area contributed by atoms with E-state index in [4.69, 9.17) is 5.73 Å². The fourth-order valence-corrected chi connectivity index (χ4v) is 2.72. The number of anilines is 1. The molecule has 0 bridgehead atoms. The molecule has 78 valence electrons. The van der Waals surface area contributed by atoms with E-state index in [1.165, 1.54) is 11.3 Å². The number of carbonyl (C=O) groups excluding carboxylic acids is 1. The highest BCUT2D eigenvalue weighted by Gasteiger charge is 2.21. The van der Waals surface area contributed by atoms with Crippen molar-refractivity contribution in [2.24, 2.45) is 0 Å². The summed E-state index contributed by atoms with van der Waals surface area (Å²) < 4.78 is 0. The van der Waals surface area contributed by atoms with Crippen molar-refractivity contribution < 1.29 is 4.79 Å². The van der Waals surface area contributed by atoms with Gasteiger partial charge in [0.2, 0.25) is 0 Å². The predicted octanol–water partition coefficient (Wildman–Crippen LogP) is 2.12. The van der Waals surface area contributed by atoms with E-state index in [-0.39, 0.29) is 5.91 Å². The number of carbonyl (C=O) groups is 1. The molecule has 1 rings (SSSR count). The van der Waals surface area contributed by atoms with E-state index in [9.17, 15) is 4.79 Å². The molecule has 0 fully saturated rings. The molecule has 0 unspecified atom stereocenters. The molecular weight excluding hydrogens is 196 g/mol. The van der Waals surface area contributed by atoms with Gasteiger partial charge in [0.15, 0.2) is 0 Å². The van der Waals surface area contributed by atoms with Crippen molar-refractivity contribution in [3.8, 4) is 0 Å². The third-order valence-corrected chi connectivity index (χ3v) is 3.14. The Kier molecular flexibility index (Phi) is 3.16. The number of aryl methyl sites for hydroxylation is 1. The van der Waals surface area contributed by atoms with Crippen LogP contribution < -0.4 is 11.1 Å². The normalized spacial score (nSPS) is 10.6. The zero-order chi connectivity index (χ0) is 10.9. The third-order valence-electron chi connectivity index (χ3n) is 2.19. The van der Waals surface area contributed by atoms with Crippen LogP contribution in [0.4, 0.5) is 5.00 Å². The van der Waals surface area contributed by atoms with Crippen LogP contribution in [0.15, 0.2) is 0 Å². The molecule has 0 radical (unpaired) electrons. The van der Waals surface area contributed by atoms with Crippen LogP contribution in [0.3, 0.4) is 0 Å². The van der Waals surface area contributed by atoms with Crippen molar-refractivity contribution in [2.75, 3.05) is 12.8 Å². The van der Waals surface area contributed by atoms with Crippen molar-refractivity contribution in [2.45, 2.75) is 26.7 Å². The minimum Gasteiger partial charge on any atom is -0.390 e. The van der Waals surface area contributed by atoms with Crippen LogP contribution in [-0.2, 0) is 0 Å². The summed E-state index contributed by atoms with van der Waals surface area (Å²) in [5, 5.41) is 3.23. The lowest BCUT2D eigenvalue weighted by Gasteiger charge is -2.08. The van der Waals surface area contributed by atoms with Gasteiger partial charge >= 0.3 is 0 Å². The van der Waals surface area contributed by atoms with Crippen LogP contribution in [-0.4, -0.2) is 13.0 Å². The zero-order valence-electron chi connectivity index (χ0n) is 8.97. The number of nitrogens with two attached hydrogens (primary N) is 1. The Hall–Kier alpha value is -1.03. The zero-order valence-corrected chi connectivity index (χ0v) is 9.79. The first-order chi connectivity index (χ1) is 6.49. The van der Waals surface area contributed by atoms with Crippen molar-refractivity contribution >= 4 is 22.2 Å². The van der Waals surface area contributed by atoms with Gasteiger partial charge in [0, 0.05) is 11.9 Å². The van der Waals surface area contributed by atoms with Gasteiger partial charge in [-0.1, -0.05) is 13.8 Å². The van der Waals surface area contributed by atoms with Gasteiger partial charge in [-0.25, -0.2) is 0 Å². The second-order valence-corrected chi connectivity index (χ2v) is 4.80. The summed E-state index contributed by atoms with van der Waals surface area (Å²) in [6.45, 7) is 6.14. The third kappa shape index (κ3) is 1.75. The first kappa shape index (κ1) is 11.0. The maximum atomic E-state index is 11.6. The van der Waals surface area contributed by atoms with E-state index >= 15 is 0 Å². The Morgan fingerprint density at radius 2 is 2.07 bits per heavy atom. The van der Waals surface area contributed by atoms with E-state index in [1.807, 2.05) is 6.92 Å². The molecule has 0 aliphatic rings. The highest BCUT2D eigenvalue weighted by molar-refractivity contribution is 7.16. The molecule has 1 aromatic rings. The fourth-order valence-electron chi connectivity index (χ4n) is 1.63. The van der Waals surface area contributed by atoms with Gasteiger partial charge in [-0.05, 0) is 18.4 Å². The molecule has 0 atom stereocenters. The topological polar surface area (TPSA) is 55.1 Å². The maximum Gasteiger partial charge on any atom is 0.254 e. The molecule has 1 amide bonds. The van der Waals surface area contributed by atoms with Crippen molar-refractivity contribution in [3.05, 3.63) is 16.0 Å². The van der Waals surface area contributed by atoms with Gasteiger partial charge in [-0.3, -0.25) is 4.79 Å². The molecule has 0 aliphatic carbocycles. The summed E-state index contributed by atoms with van der Waals surface area (Å²) in [5.41, 5.74) is 7.55. The molecule has 0 aromatic carbocycles. The van der Waals surface area contributed by atoms with Gasteiger partial charge in [0.25, 0.3) is 5.91 Å². The largest absolute Gasteiger partial charge is 0.390 e. The van der Waals surface area contributed by atoms with Crippen LogP contribution in [0.5, 0.6) is 0 Å². The number of nitrogens with one attached hydrogen (secondary N) is 1. The Bertz CT molecular complexity index is 355. The number of hydrogen-bond donors (Lipinski definition) is 2. The number of nitrogen functional groups attached to an aromatic ring is 1. The van der Waals surface area contributed by atoms with Crippen molar-refractivity contribution in [3.63, 3.8) is 0 Å². The summed E-state index contributed by atoms with van der Waals surface area (Å²) in [6, 6.07) is 0. The van der Waals surface area contributed by atoms with Crippen LogP contribution in [0.25, 0.3) is 0 Å². The Morgan fingerprint density at radius 1 is 1.50 bits per heavy atom. The molecule has 4 heteroatoms. The lowest BCUT2D eigenvalue weighted by Crippen LogP contribution is -2.20. The van der Waals surface area contributed by atoms with Gasteiger partial charge in [0.05, 0.1) is 10.6 Å². The first-order valence-electron chi connectivity index (χ1n) is 4.59. The lowest BCUT2D eigenvalue weighted by molar-refractivity contribution is 0.0963. The van der Waals surface area contributed by atoms with Crippen molar-refractivity contribution in [1.82, 2.24) is 5.32 Å². The summed E-state index contributed by atoms with van der Waals surface area (Å²) in [6.07, 6.45) is 0. The van der Waals surface area contributed by atoms with Gasteiger partial charge < -0.3 is 11.1 Å². The smallest absolute Gasteiger partial charge is 0.254 e. The highest BCUT2D eigenvalue weighted by atomic mass is 32.1. The Morgan fingerprint density at radius 3 is 2.50 bits per heavy atom. The van der Waals surface area contributed by atoms with Gasteiger partial charge in [0.1, 0.15) is 0 Å². The molecule has 14 heavy (non-hydrogen) atoms. The highest BCUT2D eigenvalue weighted by Crippen LogP contribution is 2.35. The van der Waals surface area contributed by atoms with E-state index < -0.39 is 0 Å². The van der Waals surface area contributed by atoms with E-state index in [2.05, 4.69) is 19.2 Å². The molecule has 1 heterocycles. The Balaban J connectivity index is 3.32. The van der Waals surface area contributed by atoms with Crippen LogP contribution >= 0.6 is 11.3 Å². The molecule has 0 saturated carbocycles. The molecule has 3 nitrogen and oxygen atoms in total. The van der Waals surface area contributed by atoms with Crippen LogP contribution in [0.1, 0.15) is 40.6 Å². The molecule has 1 aromatic heterocycles. The number of hydrogen-bond acceptors (Lipinski definition) is 3. The molecule has 3 N–H and O–H groups in total. The SMILES string of the molecule is CNC(=O)c1c(N)sc(C)c1C(C)C. The van der Waals surface area contributed by atoms with Crippen LogP contribution in [0, 0.1) is 6.92 Å². The average molecular weight is 212 g/mol. The predicted molar refractivity (Wildman–Crippen MR) is 60.9 cm³/mol. The lowest BCUT2D eigenvalue weighted by atomic mass is 9.98. The van der Waals surface area contributed by atoms with E-state index in [1.54, 1.807) is 7.05 Å². The number of amides is 1. The second-order valence-electron chi connectivity index (χ2n) is 3.54. The molecule has 0 spiro atoms. The minimum absolute atomic E-state index is 0.0875. The Labute approximate surface area is 88.3 Å². The monoisotopic (exact) mass is 212 g/mol. The summed E-state index contributed by atoms with van der Waals surface area (Å²) in [7, 11) is 1.62. The quantitative estimate of drug-likeness (QED) is 0.789. The standard InChI is InChI=1S/C10H16N2OS/c1-5(2)7-6(3)14-9(11)8(7)10(13)12-4/h5H,11H2,1-4H3,(H,12,13). The number of thiophene rings is 1. The van der Waals surface area contributed by atoms with Crippen molar-refractivity contribution in [1.29, 1.82) is 0 Å². The second kappa shape index (κ2) is 4.00. The molecular formula is C10H16N2OS. The molecule has 0 saturated heterocycles. The molecule has 0 aliphatic heterocycles. The summed E-state index contributed by atoms with van der Waals surface area (Å²) in [5.74, 6) is 0.242. The number of rotatable bonds is 2.